The Bertz CT molecular complexity index is 755. The van der Waals surface area contributed by atoms with Crippen molar-refractivity contribution < 1.29 is 8.95 Å². The second-order valence-corrected chi connectivity index (χ2v) is 7.22. The normalized spacial score (nSPS) is 12.9. The number of rotatable bonds is 6. The van der Waals surface area contributed by atoms with Gasteiger partial charge in [0.1, 0.15) is 11.5 Å². The highest BCUT2D eigenvalue weighted by Gasteiger charge is 2.10. The second kappa shape index (κ2) is 7.62. The smallest absolute Gasteiger partial charge is 0.119 e. The summed E-state index contributed by atoms with van der Waals surface area (Å²) in [5.74, 6) is 0.959. The molecular formula is C17H18N2O2S. The van der Waals surface area contributed by atoms with Gasteiger partial charge in [0.25, 0.3) is 0 Å². The Kier molecular flexibility index (Phi) is 5.56. The number of benzene rings is 2. The van der Waals surface area contributed by atoms with Gasteiger partial charge in [-0.2, -0.15) is 5.26 Å². The van der Waals surface area contributed by atoms with Gasteiger partial charge in [0, 0.05) is 0 Å². The van der Waals surface area contributed by atoms with Gasteiger partial charge < -0.3 is 4.74 Å². The molecule has 0 N–H and O–H groups in total. The third-order valence-corrected chi connectivity index (χ3v) is 5.13. The van der Waals surface area contributed by atoms with Crippen molar-refractivity contribution in [1.29, 1.82) is 5.26 Å². The molecule has 114 valence electrons. The maximum atomic E-state index is 12.9. The molecule has 0 aromatic heterocycles. The number of hydrogen-bond acceptors (Lipinski definition) is 4. The summed E-state index contributed by atoms with van der Waals surface area (Å²) >= 11 is 0. The Labute approximate surface area is 131 Å². The molecule has 0 fully saturated rings. The summed E-state index contributed by atoms with van der Waals surface area (Å²) in [4.78, 5) is 0. The molecule has 5 heteroatoms. The van der Waals surface area contributed by atoms with Crippen LogP contribution in [0, 0.1) is 11.3 Å². The summed E-state index contributed by atoms with van der Waals surface area (Å²) in [6.45, 7) is 0.359. The van der Waals surface area contributed by atoms with Crippen LogP contribution in [0.1, 0.15) is 11.1 Å². The topological polar surface area (TPSA) is 62.5 Å². The van der Waals surface area contributed by atoms with Crippen molar-refractivity contribution in [2.24, 2.45) is 4.36 Å². The average Bonchev–Trinajstić information content (AvgIpc) is 2.55. The fraction of sp³-hybridized carbons (Fsp3) is 0.235. The maximum absolute atomic E-state index is 12.9. The molecule has 2 aromatic carbocycles. The summed E-state index contributed by atoms with van der Waals surface area (Å²) in [5, 5.41) is 8.95. The van der Waals surface area contributed by atoms with E-state index in [1.165, 1.54) is 0 Å². The summed E-state index contributed by atoms with van der Waals surface area (Å²) in [7, 11) is -0.987. The van der Waals surface area contributed by atoms with E-state index in [0.717, 1.165) is 16.9 Å². The van der Waals surface area contributed by atoms with Gasteiger partial charge in [0.15, 0.2) is 0 Å². The van der Waals surface area contributed by atoms with Gasteiger partial charge in [-0.05, 0) is 23.3 Å². The zero-order valence-electron chi connectivity index (χ0n) is 12.4. The fourth-order valence-electron chi connectivity index (χ4n) is 2.00. The molecular weight excluding hydrogens is 296 g/mol. The quantitative estimate of drug-likeness (QED) is 0.821. The van der Waals surface area contributed by atoms with Crippen molar-refractivity contribution in [3.63, 3.8) is 0 Å². The molecule has 0 amide bonds. The molecule has 0 aliphatic carbocycles. The minimum Gasteiger partial charge on any atom is -0.497 e. The number of ether oxygens (including phenoxy) is 1. The van der Waals surface area contributed by atoms with Crippen LogP contribution in [-0.4, -0.2) is 17.1 Å². The zero-order valence-corrected chi connectivity index (χ0v) is 13.3. The van der Waals surface area contributed by atoms with Crippen LogP contribution >= 0.6 is 0 Å². The van der Waals surface area contributed by atoms with Crippen LogP contribution in [0.2, 0.25) is 0 Å². The van der Waals surface area contributed by atoms with Crippen LogP contribution < -0.4 is 4.74 Å². The van der Waals surface area contributed by atoms with E-state index >= 15 is 0 Å². The van der Waals surface area contributed by atoms with Gasteiger partial charge in [-0.1, -0.05) is 42.5 Å². The summed E-state index contributed by atoms with van der Waals surface area (Å²) in [6.07, 6.45) is 0. The molecule has 22 heavy (non-hydrogen) atoms. The van der Waals surface area contributed by atoms with Gasteiger partial charge in [-0.25, -0.2) is 8.57 Å². The number of hydrogen-bond donors (Lipinski definition) is 0. The molecule has 0 saturated carbocycles. The summed E-state index contributed by atoms with van der Waals surface area (Å²) in [5.41, 5.74) is 1.88. The molecule has 0 heterocycles. The highest BCUT2D eigenvalue weighted by atomic mass is 32.2. The molecule has 0 spiro atoms. The Balaban J connectivity index is 2.19. The van der Waals surface area contributed by atoms with E-state index in [0.29, 0.717) is 6.54 Å². The predicted molar refractivity (Wildman–Crippen MR) is 87.9 cm³/mol. The Morgan fingerprint density at radius 3 is 2.36 bits per heavy atom. The Hall–Kier alpha value is -2.32. The van der Waals surface area contributed by atoms with Crippen molar-refractivity contribution in [2.45, 2.75) is 12.3 Å². The minimum absolute atomic E-state index is 0.0636. The molecule has 1 unspecified atom stereocenters. The summed E-state index contributed by atoms with van der Waals surface area (Å²) in [6, 6.07) is 19.0. The zero-order chi connectivity index (χ0) is 15.8. The molecule has 0 aliphatic rings. The lowest BCUT2D eigenvalue weighted by molar-refractivity contribution is 0.414. The predicted octanol–water partition coefficient (Wildman–Crippen LogP) is 3.39. The number of methoxy groups -OCH3 is 1. The van der Waals surface area contributed by atoms with Gasteiger partial charge in [0.05, 0.1) is 35.2 Å². The van der Waals surface area contributed by atoms with Crippen LogP contribution in [-0.2, 0) is 22.0 Å². The standard InChI is InChI=1S/C17H18N2O2S/c1-21-17-9-7-16(8-10-17)14-22(20,12-11-18)19-13-15-5-3-2-4-6-15/h2-10H,12-14H2,1H3. The molecule has 4 nitrogen and oxygen atoms in total. The molecule has 0 bridgehead atoms. The molecule has 2 aromatic rings. The number of nitrogens with zero attached hydrogens (tertiary/aromatic N) is 2. The Morgan fingerprint density at radius 2 is 1.77 bits per heavy atom. The minimum atomic E-state index is -2.59. The lowest BCUT2D eigenvalue weighted by Gasteiger charge is -2.08. The third kappa shape index (κ3) is 4.61. The van der Waals surface area contributed by atoms with E-state index in [2.05, 4.69) is 4.36 Å². The molecule has 1 atom stereocenters. The van der Waals surface area contributed by atoms with Gasteiger partial charge in [0.2, 0.25) is 0 Å². The molecule has 0 saturated heterocycles. The fourth-order valence-corrected chi connectivity index (χ4v) is 3.58. The Morgan fingerprint density at radius 1 is 1.09 bits per heavy atom. The highest BCUT2D eigenvalue weighted by Crippen LogP contribution is 2.16. The second-order valence-electron chi connectivity index (χ2n) is 4.84. The summed E-state index contributed by atoms with van der Waals surface area (Å²) < 4.78 is 22.3. The highest BCUT2D eigenvalue weighted by molar-refractivity contribution is 7.93. The number of nitriles is 1. The van der Waals surface area contributed by atoms with Gasteiger partial charge >= 0.3 is 0 Å². The van der Waals surface area contributed by atoms with Gasteiger partial charge in [-0.3, -0.25) is 0 Å². The van der Waals surface area contributed by atoms with Crippen molar-refractivity contribution in [3.05, 3.63) is 65.7 Å². The van der Waals surface area contributed by atoms with E-state index in [1.807, 2.05) is 60.7 Å². The van der Waals surface area contributed by atoms with Crippen molar-refractivity contribution >= 4 is 9.73 Å². The SMILES string of the molecule is COc1ccc(CS(=O)(CC#N)=NCc2ccccc2)cc1. The molecule has 0 radical (unpaired) electrons. The lowest BCUT2D eigenvalue weighted by Crippen LogP contribution is -2.08. The maximum Gasteiger partial charge on any atom is 0.119 e. The van der Waals surface area contributed by atoms with E-state index in [1.54, 1.807) is 7.11 Å². The van der Waals surface area contributed by atoms with Crippen molar-refractivity contribution in [3.8, 4) is 11.8 Å². The largest absolute Gasteiger partial charge is 0.497 e. The first-order valence-corrected chi connectivity index (χ1v) is 8.72. The van der Waals surface area contributed by atoms with Crippen LogP contribution in [0.15, 0.2) is 59.0 Å². The van der Waals surface area contributed by atoms with E-state index in [-0.39, 0.29) is 11.5 Å². The monoisotopic (exact) mass is 314 g/mol. The first kappa shape index (κ1) is 16.1. The van der Waals surface area contributed by atoms with Crippen molar-refractivity contribution in [1.82, 2.24) is 0 Å². The van der Waals surface area contributed by atoms with Crippen LogP contribution in [0.4, 0.5) is 0 Å². The first-order valence-electron chi connectivity index (χ1n) is 6.87. The van der Waals surface area contributed by atoms with Gasteiger partial charge in [-0.15, -0.1) is 0 Å². The average molecular weight is 314 g/mol. The van der Waals surface area contributed by atoms with Crippen LogP contribution in [0.5, 0.6) is 5.75 Å². The van der Waals surface area contributed by atoms with Crippen molar-refractivity contribution in [2.75, 3.05) is 12.9 Å². The first-order chi connectivity index (χ1) is 10.6. The lowest BCUT2D eigenvalue weighted by atomic mass is 10.2. The third-order valence-electron chi connectivity index (χ3n) is 3.17. The molecule has 2 rings (SSSR count). The van der Waals surface area contributed by atoms with E-state index < -0.39 is 9.73 Å². The molecule has 0 aliphatic heterocycles. The van der Waals surface area contributed by atoms with E-state index in [9.17, 15) is 4.21 Å². The van der Waals surface area contributed by atoms with E-state index in [4.69, 9.17) is 10.00 Å². The van der Waals surface area contributed by atoms with Crippen LogP contribution in [0.3, 0.4) is 0 Å². The van der Waals surface area contributed by atoms with Crippen LogP contribution in [0.25, 0.3) is 0 Å².